The average Bonchev–Trinajstić information content (AvgIpc) is 2.77. The Hall–Kier alpha value is -3.38. The van der Waals surface area contributed by atoms with Crippen LogP contribution in [0.15, 0.2) is 42.5 Å². The maximum absolute atomic E-state index is 12.2. The molecule has 3 heterocycles. The number of para-hydroxylation sites is 1. The maximum atomic E-state index is 12.2. The summed E-state index contributed by atoms with van der Waals surface area (Å²) >= 11 is 0. The summed E-state index contributed by atoms with van der Waals surface area (Å²) in [5.74, 6) is 0.568. The Morgan fingerprint density at radius 2 is 1.93 bits per heavy atom. The quantitative estimate of drug-likeness (QED) is 0.712. The maximum Gasteiger partial charge on any atom is 0.336 e. The van der Waals surface area contributed by atoms with Crippen molar-refractivity contribution in [3.8, 4) is 11.5 Å². The van der Waals surface area contributed by atoms with Crippen molar-refractivity contribution in [3.05, 3.63) is 64.8 Å². The molecule has 6 heteroatoms. The van der Waals surface area contributed by atoms with Crippen molar-refractivity contribution in [2.45, 2.75) is 13.5 Å². The van der Waals surface area contributed by atoms with Crippen LogP contribution in [0.5, 0.6) is 11.5 Å². The Labute approximate surface area is 174 Å². The highest BCUT2D eigenvalue weighted by molar-refractivity contribution is 6.06. The third-order valence-corrected chi connectivity index (χ3v) is 5.64. The third kappa shape index (κ3) is 3.19. The van der Waals surface area contributed by atoms with Crippen molar-refractivity contribution in [1.82, 2.24) is 9.88 Å². The summed E-state index contributed by atoms with van der Waals surface area (Å²) in [6, 6.07) is 13.3. The lowest BCUT2D eigenvalue weighted by Crippen LogP contribution is -2.31. The fraction of sp³-hybridized carbons (Fsp3) is 0.250. The number of benzene rings is 2. The van der Waals surface area contributed by atoms with Gasteiger partial charge in [0.25, 0.3) is 0 Å². The molecule has 30 heavy (non-hydrogen) atoms. The number of hydrogen-bond donors (Lipinski definition) is 1. The minimum atomic E-state index is -0.915. The van der Waals surface area contributed by atoms with Crippen molar-refractivity contribution in [1.29, 1.82) is 0 Å². The van der Waals surface area contributed by atoms with Crippen LogP contribution in [0.2, 0.25) is 0 Å². The number of nitrogens with zero attached hydrogens (tertiary/aromatic N) is 2. The van der Waals surface area contributed by atoms with Crippen LogP contribution >= 0.6 is 0 Å². The van der Waals surface area contributed by atoms with E-state index >= 15 is 0 Å². The monoisotopic (exact) mass is 402 g/mol. The van der Waals surface area contributed by atoms with Gasteiger partial charge in [-0.3, -0.25) is 4.90 Å². The summed E-state index contributed by atoms with van der Waals surface area (Å²) in [4.78, 5) is 19.3. The molecule has 2 aliphatic rings. The number of pyridine rings is 1. The number of carbonyl (C=O) groups is 1. The fourth-order valence-electron chi connectivity index (χ4n) is 4.20. The lowest BCUT2D eigenvalue weighted by Gasteiger charge is -2.30. The predicted octanol–water partition coefficient (Wildman–Crippen LogP) is 4.08. The number of ether oxygens (including phenoxy) is 2. The summed E-state index contributed by atoms with van der Waals surface area (Å²) in [6.45, 7) is 5.29. The number of aromatic nitrogens is 1. The zero-order valence-electron chi connectivity index (χ0n) is 16.7. The van der Waals surface area contributed by atoms with Gasteiger partial charge in [-0.05, 0) is 42.0 Å². The van der Waals surface area contributed by atoms with Gasteiger partial charge in [0.1, 0.15) is 13.2 Å². The van der Waals surface area contributed by atoms with Gasteiger partial charge < -0.3 is 14.6 Å². The first-order valence-corrected chi connectivity index (χ1v) is 10.1. The van der Waals surface area contributed by atoms with Crippen molar-refractivity contribution in [3.63, 3.8) is 0 Å². The second kappa shape index (κ2) is 7.46. The van der Waals surface area contributed by atoms with E-state index in [2.05, 4.69) is 17.9 Å². The number of rotatable bonds is 3. The van der Waals surface area contributed by atoms with E-state index in [1.807, 2.05) is 42.5 Å². The zero-order chi connectivity index (χ0) is 20.7. The SMILES string of the molecule is CCN1C/C(=C/c2ccc3c(c2)OCCO3)c2nc3ccccc3c(C(=O)O)c2C1. The molecule has 0 saturated heterocycles. The normalized spacial score (nSPS) is 17.2. The highest BCUT2D eigenvalue weighted by atomic mass is 16.6. The summed E-state index contributed by atoms with van der Waals surface area (Å²) in [7, 11) is 0. The summed E-state index contributed by atoms with van der Waals surface area (Å²) in [5.41, 5.74) is 4.57. The van der Waals surface area contributed by atoms with Crippen LogP contribution in [0.25, 0.3) is 22.6 Å². The first kappa shape index (κ1) is 18.6. The topological polar surface area (TPSA) is 71.9 Å². The van der Waals surface area contributed by atoms with Crippen LogP contribution in [0.1, 0.15) is 34.1 Å². The van der Waals surface area contributed by atoms with Crippen LogP contribution in [0.4, 0.5) is 0 Å². The second-order valence-corrected chi connectivity index (χ2v) is 7.51. The standard InChI is InChI=1S/C24H22N2O4/c1-2-26-13-16(11-15-7-8-20-21(12-15)30-10-9-29-20)23-18(14-26)22(24(27)28)17-5-3-4-6-19(17)25-23/h3-8,11-12H,2,9-10,13-14H2,1H3,(H,27,28)/b16-11-. The number of carboxylic acids is 1. The minimum Gasteiger partial charge on any atom is -0.486 e. The highest BCUT2D eigenvalue weighted by Gasteiger charge is 2.28. The van der Waals surface area contributed by atoms with Gasteiger partial charge in [-0.1, -0.05) is 31.2 Å². The Morgan fingerprint density at radius 3 is 2.73 bits per heavy atom. The molecular formula is C24H22N2O4. The van der Waals surface area contributed by atoms with E-state index in [1.165, 1.54) is 0 Å². The van der Waals surface area contributed by atoms with Gasteiger partial charge in [-0.15, -0.1) is 0 Å². The second-order valence-electron chi connectivity index (χ2n) is 7.51. The lowest BCUT2D eigenvalue weighted by atomic mass is 9.92. The molecule has 2 aromatic carbocycles. The number of likely N-dealkylation sites (N-methyl/N-ethyl adjacent to an activating group) is 1. The van der Waals surface area contributed by atoms with E-state index in [0.717, 1.165) is 40.4 Å². The van der Waals surface area contributed by atoms with Crippen LogP contribution < -0.4 is 9.47 Å². The summed E-state index contributed by atoms with van der Waals surface area (Å²) in [5, 5.41) is 10.7. The van der Waals surface area contributed by atoms with Gasteiger partial charge in [0.05, 0.1) is 16.8 Å². The average molecular weight is 402 g/mol. The van der Waals surface area contributed by atoms with Crippen molar-refractivity contribution >= 4 is 28.5 Å². The Bertz CT molecular complexity index is 1190. The van der Waals surface area contributed by atoms with E-state index in [4.69, 9.17) is 14.5 Å². The Balaban J connectivity index is 1.69. The molecule has 3 aromatic rings. The van der Waals surface area contributed by atoms with Crippen LogP contribution in [-0.2, 0) is 6.54 Å². The van der Waals surface area contributed by atoms with E-state index in [9.17, 15) is 9.90 Å². The molecule has 2 aliphatic heterocycles. The van der Waals surface area contributed by atoms with Gasteiger partial charge in [0.15, 0.2) is 11.5 Å². The highest BCUT2D eigenvalue weighted by Crippen LogP contribution is 2.36. The first-order valence-electron chi connectivity index (χ1n) is 10.1. The number of fused-ring (bicyclic) bond motifs is 3. The molecule has 1 N–H and O–H groups in total. The Kier molecular flexibility index (Phi) is 4.64. The van der Waals surface area contributed by atoms with E-state index < -0.39 is 5.97 Å². The number of aromatic carboxylic acids is 1. The van der Waals surface area contributed by atoms with Crippen LogP contribution in [0, 0.1) is 0 Å². The molecular weight excluding hydrogens is 380 g/mol. The molecule has 0 bridgehead atoms. The third-order valence-electron chi connectivity index (χ3n) is 5.64. The van der Waals surface area contributed by atoms with Crippen molar-refractivity contribution < 1.29 is 19.4 Å². The van der Waals surface area contributed by atoms with Crippen LogP contribution in [-0.4, -0.2) is 47.3 Å². The molecule has 0 saturated carbocycles. The largest absolute Gasteiger partial charge is 0.486 e. The molecule has 0 radical (unpaired) electrons. The molecule has 1 aromatic heterocycles. The summed E-state index contributed by atoms with van der Waals surface area (Å²) < 4.78 is 11.3. The number of hydrogen-bond acceptors (Lipinski definition) is 5. The van der Waals surface area contributed by atoms with Crippen molar-refractivity contribution in [2.75, 3.05) is 26.3 Å². The predicted molar refractivity (Wildman–Crippen MR) is 115 cm³/mol. The van der Waals surface area contributed by atoms with Gasteiger partial charge in [-0.25, -0.2) is 9.78 Å². The molecule has 0 aliphatic carbocycles. The van der Waals surface area contributed by atoms with E-state index in [0.29, 0.717) is 42.8 Å². The van der Waals surface area contributed by atoms with Crippen molar-refractivity contribution in [2.24, 2.45) is 0 Å². The molecule has 0 amide bonds. The van der Waals surface area contributed by atoms with Gasteiger partial charge in [0.2, 0.25) is 0 Å². The summed E-state index contributed by atoms with van der Waals surface area (Å²) in [6.07, 6.45) is 2.08. The van der Waals surface area contributed by atoms with E-state index in [1.54, 1.807) is 0 Å². The zero-order valence-corrected chi connectivity index (χ0v) is 16.7. The molecule has 152 valence electrons. The lowest BCUT2D eigenvalue weighted by molar-refractivity contribution is 0.0696. The molecule has 0 spiro atoms. The molecule has 0 fully saturated rings. The number of carboxylic acid groups (broad SMARTS) is 1. The minimum absolute atomic E-state index is 0.349. The van der Waals surface area contributed by atoms with Gasteiger partial charge >= 0.3 is 5.97 Å². The smallest absolute Gasteiger partial charge is 0.336 e. The molecule has 0 unspecified atom stereocenters. The van der Waals surface area contributed by atoms with Gasteiger partial charge in [0, 0.05) is 24.0 Å². The molecule has 5 rings (SSSR count). The Morgan fingerprint density at radius 1 is 1.13 bits per heavy atom. The van der Waals surface area contributed by atoms with E-state index in [-0.39, 0.29) is 0 Å². The van der Waals surface area contributed by atoms with Gasteiger partial charge in [-0.2, -0.15) is 0 Å². The molecule has 0 atom stereocenters. The molecule has 6 nitrogen and oxygen atoms in total. The first-order chi connectivity index (χ1) is 14.6. The van der Waals surface area contributed by atoms with Crippen LogP contribution in [0.3, 0.4) is 0 Å². The fourth-order valence-corrected chi connectivity index (χ4v) is 4.20.